The standard InChI is InChI=1S/C16H17Cl/c1-13-7-9-14(10-8-13)11-12-16(17)15-5-3-2-4-6-15/h2-10,16H,11-12H2,1H3. The molecular weight excluding hydrogens is 228 g/mol. The van der Waals surface area contributed by atoms with Gasteiger partial charge in [-0.2, -0.15) is 0 Å². The molecule has 0 aromatic heterocycles. The van der Waals surface area contributed by atoms with Crippen LogP contribution < -0.4 is 0 Å². The molecule has 0 fully saturated rings. The van der Waals surface area contributed by atoms with E-state index in [9.17, 15) is 0 Å². The Kier molecular flexibility index (Phi) is 4.22. The molecule has 0 aliphatic carbocycles. The molecule has 1 atom stereocenters. The maximum Gasteiger partial charge on any atom is 0.0588 e. The molecule has 0 saturated carbocycles. The summed E-state index contributed by atoms with van der Waals surface area (Å²) in [6, 6.07) is 19.0. The predicted molar refractivity (Wildman–Crippen MR) is 74.5 cm³/mol. The summed E-state index contributed by atoms with van der Waals surface area (Å²) in [7, 11) is 0. The van der Waals surface area contributed by atoms with Gasteiger partial charge in [-0.05, 0) is 30.9 Å². The van der Waals surface area contributed by atoms with Crippen molar-refractivity contribution < 1.29 is 0 Å². The summed E-state index contributed by atoms with van der Waals surface area (Å²) < 4.78 is 0. The molecule has 0 aliphatic heterocycles. The fourth-order valence-corrected chi connectivity index (χ4v) is 2.13. The van der Waals surface area contributed by atoms with Crippen LogP contribution in [0.2, 0.25) is 0 Å². The molecule has 1 unspecified atom stereocenters. The lowest BCUT2D eigenvalue weighted by Gasteiger charge is -2.09. The maximum absolute atomic E-state index is 6.39. The number of hydrogen-bond donors (Lipinski definition) is 0. The quantitative estimate of drug-likeness (QED) is 0.671. The van der Waals surface area contributed by atoms with E-state index in [1.54, 1.807) is 0 Å². The number of benzene rings is 2. The minimum atomic E-state index is 0.109. The zero-order chi connectivity index (χ0) is 12.1. The van der Waals surface area contributed by atoms with E-state index in [2.05, 4.69) is 43.3 Å². The SMILES string of the molecule is Cc1ccc(CCC(Cl)c2ccccc2)cc1. The molecule has 2 aromatic rings. The molecule has 0 bridgehead atoms. The number of hydrogen-bond acceptors (Lipinski definition) is 0. The van der Waals surface area contributed by atoms with Crippen molar-refractivity contribution in [3.8, 4) is 0 Å². The number of rotatable bonds is 4. The number of alkyl halides is 1. The summed E-state index contributed by atoms with van der Waals surface area (Å²) in [5.41, 5.74) is 3.87. The van der Waals surface area contributed by atoms with Gasteiger partial charge >= 0.3 is 0 Å². The van der Waals surface area contributed by atoms with Crippen LogP contribution in [0.5, 0.6) is 0 Å². The molecular formula is C16H17Cl. The van der Waals surface area contributed by atoms with Gasteiger partial charge in [-0.1, -0.05) is 60.2 Å². The molecule has 0 amide bonds. The molecule has 0 heterocycles. The van der Waals surface area contributed by atoms with Crippen LogP contribution in [0.15, 0.2) is 54.6 Å². The number of halogens is 1. The summed E-state index contributed by atoms with van der Waals surface area (Å²) in [5, 5.41) is 0.109. The summed E-state index contributed by atoms with van der Waals surface area (Å²) >= 11 is 6.39. The highest BCUT2D eigenvalue weighted by atomic mass is 35.5. The molecule has 0 spiro atoms. The molecule has 17 heavy (non-hydrogen) atoms. The van der Waals surface area contributed by atoms with Gasteiger partial charge < -0.3 is 0 Å². The lowest BCUT2D eigenvalue weighted by molar-refractivity contribution is 0.793. The summed E-state index contributed by atoms with van der Waals surface area (Å²) in [4.78, 5) is 0. The van der Waals surface area contributed by atoms with Gasteiger partial charge in [0.1, 0.15) is 0 Å². The Hall–Kier alpha value is -1.27. The van der Waals surface area contributed by atoms with Gasteiger partial charge in [-0.15, -0.1) is 11.6 Å². The van der Waals surface area contributed by atoms with Crippen LogP contribution >= 0.6 is 11.6 Å². The molecule has 0 nitrogen and oxygen atoms in total. The molecule has 2 rings (SSSR count). The van der Waals surface area contributed by atoms with E-state index in [1.807, 2.05) is 18.2 Å². The van der Waals surface area contributed by atoms with Crippen LogP contribution in [-0.2, 0) is 6.42 Å². The third kappa shape index (κ3) is 3.61. The zero-order valence-electron chi connectivity index (χ0n) is 10.1. The Morgan fingerprint density at radius 1 is 0.941 bits per heavy atom. The van der Waals surface area contributed by atoms with Crippen molar-refractivity contribution in [3.05, 3.63) is 71.3 Å². The largest absolute Gasteiger partial charge is 0.118 e. The van der Waals surface area contributed by atoms with Crippen molar-refractivity contribution in [2.45, 2.75) is 25.1 Å². The van der Waals surface area contributed by atoms with Gasteiger partial charge in [0.15, 0.2) is 0 Å². The van der Waals surface area contributed by atoms with Crippen molar-refractivity contribution in [2.24, 2.45) is 0 Å². The van der Waals surface area contributed by atoms with E-state index in [1.165, 1.54) is 16.7 Å². The highest BCUT2D eigenvalue weighted by molar-refractivity contribution is 6.20. The highest BCUT2D eigenvalue weighted by Gasteiger charge is 2.07. The fraction of sp³-hybridized carbons (Fsp3) is 0.250. The maximum atomic E-state index is 6.39. The predicted octanol–water partition coefficient (Wildman–Crippen LogP) is 4.91. The lowest BCUT2D eigenvalue weighted by atomic mass is 10.0. The average molecular weight is 245 g/mol. The molecule has 88 valence electrons. The van der Waals surface area contributed by atoms with Crippen LogP contribution in [0.1, 0.15) is 28.5 Å². The van der Waals surface area contributed by atoms with E-state index in [0.717, 1.165) is 12.8 Å². The first-order valence-electron chi connectivity index (χ1n) is 6.00. The smallest absolute Gasteiger partial charge is 0.0588 e. The van der Waals surface area contributed by atoms with E-state index < -0.39 is 0 Å². The molecule has 1 heteroatoms. The van der Waals surface area contributed by atoms with Crippen LogP contribution in [-0.4, -0.2) is 0 Å². The van der Waals surface area contributed by atoms with Crippen molar-refractivity contribution in [3.63, 3.8) is 0 Å². The van der Waals surface area contributed by atoms with Crippen LogP contribution in [0, 0.1) is 6.92 Å². The molecule has 0 radical (unpaired) electrons. The second kappa shape index (κ2) is 5.88. The minimum Gasteiger partial charge on any atom is -0.118 e. The van der Waals surface area contributed by atoms with Gasteiger partial charge in [0.2, 0.25) is 0 Å². The normalized spacial score (nSPS) is 12.4. The van der Waals surface area contributed by atoms with Crippen LogP contribution in [0.25, 0.3) is 0 Å². The van der Waals surface area contributed by atoms with Gasteiger partial charge in [0.05, 0.1) is 5.38 Å². The van der Waals surface area contributed by atoms with Crippen LogP contribution in [0.4, 0.5) is 0 Å². The fourth-order valence-electron chi connectivity index (χ4n) is 1.88. The third-order valence-electron chi connectivity index (χ3n) is 2.97. The van der Waals surface area contributed by atoms with Crippen LogP contribution in [0.3, 0.4) is 0 Å². The molecule has 0 saturated heterocycles. The minimum absolute atomic E-state index is 0.109. The Balaban J connectivity index is 1.92. The highest BCUT2D eigenvalue weighted by Crippen LogP contribution is 2.25. The first-order valence-corrected chi connectivity index (χ1v) is 6.44. The summed E-state index contributed by atoms with van der Waals surface area (Å²) in [5.74, 6) is 0. The zero-order valence-corrected chi connectivity index (χ0v) is 10.8. The third-order valence-corrected chi connectivity index (χ3v) is 3.44. The Bertz CT molecular complexity index is 445. The second-order valence-electron chi connectivity index (χ2n) is 4.40. The Morgan fingerprint density at radius 3 is 2.24 bits per heavy atom. The van der Waals surface area contributed by atoms with Gasteiger partial charge in [0.25, 0.3) is 0 Å². The first kappa shape index (κ1) is 12.2. The Labute approximate surface area is 108 Å². The Morgan fingerprint density at radius 2 is 1.59 bits per heavy atom. The van der Waals surface area contributed by atoms with E-state index in [-0.39, 0.29) is 5.38 Å². The monoisotopic (exact) mass is 244 g/mol. The van der Waals surface area contributed by atoms with Crippen molar-refractivity contribution >= 4 is 11.6 Å². The molecule has 0 N–H and O–H groups in total. The van der Waals surface area contributed by atoms with Crippen molar-refractivity contribution in [1.82, 2.24) is 0 Å². The van der Waals surface area contributed by atoms with E-state index in [4.69, 9.17) is 11.6 Å². The van der Waals surface area contributed by atoms with Gasteiger partial charge in [-0.25, -0.2) is 0 Å². The summed E-state index contributed by atoms with van der Waals surface area (Å²) in [6.07, 6.45) is 2.01. The van der Waals surface area contributed by atoms with Gasteiger partial charge in [-0.3, -0.25) is 0 Å². The summed E-state index contributed by atoms with van der Waals surface area (Å²) in [6.45, 7) is 2.11. The van der Waals surface area contributed by atoms with E-state index in [0.29, 0.717) is 0 Å². The topological polar surface area (TPSA) is 0 Å². The van der Waals surface area contributed by atoms with Gasteiger partial charge in [0, 0.05) is 0 Å². The van der Waals surface area contributed by atoms with Crippen molar-refractivity contribution in [1.29, 1.82) is 0 Å². The number of aryl methyl sites for hydroxylation is 2. The molecule has 0 aliphatic rings. The average Bonchev–Trinajstić information content (AvgIpc) is 2.39. The van der Waals surface area contributed by atoms with E-state index >= 15 is 0 Å². The second-order valence-corrected chi connectivity index (χ2v) is 4.93. The van der Waals surface area contributed by atoms with Crippen molar-refractivity contribution in [2.75, 3.05) is 0 Å². The molecule has 2 aromatic carbocycles. The first-order chi connectivity index (χ1) is 8.25. The lowest BCUT2D eigenvalue weighted by Crippen LogP contribution is -1.93.